The van der Waals surface area contributed by atoms with Crippen molar-refractivity contribution in [2.45, 2.75) is 50.9 Å². The van der Waals surface area contributed by atoms with Gasteiger partial charge in [-0.15, -0.1) is 6.58 Å². The molecule has 0 spiro atoms. The van der Waals surface area contributed by atoms with E-state index in [-0.39, 0.29) is 0 Å². The Morgan fingerprint density at radius 3 is 2.50 bits per heavy atom. The molecule has 0 N–H and O–H groups in total. The Labute approximate surface area is 134 Å². The first-order chi connectivity index (χ1) is 10.8. The van der Waals surface area contributed by atoms with Crippen LogP contribution in [0, 0.1) is 17.2 Å². The van der Waals surface area contributed by atoms with E-state index in [4.69, 9.17) is 10.00 Å². The SMILES string of the molecule is C=CCCCOCCC1CCC(c2ccc(C#N)cc2)CC1. The molecule has 0 bridgehead atoms. The third-order valence-corrected chi connectivity index (χ3v) is 4.73. The Bertz CT molecular complexity index is 477. The molecule has 1 aliphatic carbocycles. The monoisotopic (exact) mass is 297 g/mol. The zero-order valence-corrected chi connectivity index (χ0v) is 13.5. The maximum Gasteiger partial charge on any atom is 0.0991 e. The molecule has 1 aliphatic rings. The van der Waals surface area contributed by atoms with E-state index in [0.29, 0.717) is 5.92 Å². The largest absolute Gasteiger partial charge is 0.381 e. The molecule has 1 aromatic rings. The van der Waals surface area contributed by atoms with Crippen LogP contribution in [0.1, 0.15) is 62.0 Å². The molecular weight excluding hydrogens is 270 g/mol. The molecule has 0 aliphatic heterocycles. The highest BCUT2D eigenvalue weighted by Gasteiger charge is 2.22. The highest BCUT2D eigenvalue weighted by molar-refractivity contribution is 5.33. The average molecular weight is 297 g/mol. The van der Waals surface area contributed by atoms with Gasteiger partial charge in [-0.2, -0.15) is 5.26 Å². The summed E-state index contributed by atoms with van der Waals surface area (Å²) in [5.41, 5.74) is 2.16. The molecular formula is C20H27NO. The Kier molecular flexibility index (Phi) is 7.19. The van der Waals surface area contributed by atoms with Crippen molar-refractivity contribution < 1.29 is 4.74 Å². The zero-order valence-electron chi connectivity index (χ0n) is 13.5. The molecule has 118 valence electrons. The minimum Gasteiger partial charge on any atom is -0.381 e. The predicted molar refractivity (Wildman–Crippen MR) is 90.7 cm³/mol. The van der Waals surface area contributed by atoms with Crippen LogP contribution in [0.25, 0.3) is 0 Å². The lowest BCUT2D eigenvalue weighted by Gasteiger charge is -2.28. The number of hydrogen-bond acceptors (Lipinski definition) is 2. The number of hydrogen-bond donors (Lipinski definition) is 0. The molecule has 0 aromatic heterocycles. The highest BCUT2D eigenvalue weighted by atomic mass is 16.5. The van der Waals surface area contributed by atoms with E-state index in [2.05, 4.69) is 24.8 Å². The lowest BCUT2D eigenvalue weighted by molar-refractivity contribution is 0.111. The molecule has 2 heteroatoms. The Morgan fingerprint density at radius 1 is 1.14 bits per heavy atom. The van der Waals surface area contributed by atoms with E-state index < -0.39 is 0 Å². The van der Waals surface area contributed by atoms with Gasteiger partial charge in [-0.05, 0) is 74.5 Å². The number of nitriles is 1. The van der Waals surface area contributed by atoms with Gasteiger partial charge in [0.15, 0.2) is 0 Å². The predicted octanol–water partition coefficient (Wildman–Crippen LogP) is 5.20. The van der Waals surface area contributed by atoms with Crippen molar-refractivity contribution in [3.63, 3.8) is 0 Å². The molecule has 0 amide bonds. The molecule has 0 unspecified atom stereocenters. The molecule has 0 atom stereocenters. The van der Waals surface area contributed by atoms with Crippen LogP contribution in [-0.4, -0.2) is 13.2 Å². The van der Waals surface area contributed by atoms with E-state index in [9.17, 15) is 0 Å². The van der Waals surface area contributed by atoms with Crippen LogP contribution in [-0.2, 0) is 4.74 Å². The van der Waals surface area contributed by atoms with Crippen molar-refractivity contribution in [2.75, 3.05) is 13.2 Å². The number of nitrogens with zero attached hydrogens (tertiary/aromatic N) is 1. The molecule has 2 rings (SSSR count). The quantitative estimate of drug-likeness (QED) is 0.488. The summed E-state index contributed by atoms with van der Waals surface area (Å²) in [6, 6.07) is 10.3. The first-order valence-corrected chi connectivity index (χ1v) is 8.52. The van der Waals surface area contributed by atoms with E-state index in [1.54, 1.807) is 0 Å². The lowest BCUT2D eigenvalue weighted by atomic mass is 9.77. The molecule has 0 radical (unpaired) electrons. The number of ether oxygens (including phenoxy) is 1. The maximum absolute atomic E-state index is 8.86. The van der Waals surface area contributed by atoms with Crippen molar-refractivity contribution in [3.05, 3.63) is 48.0 Å². The van der Waals surface area contributed by atoms with E-state index in [1.165, 1.54) is 37.7 Å². The maximum atomic E-state index is 8.86. The van der Waals surface area contributed by atoms with Crippen LogP contribution in [0.4, 0.5) is 0 Å². The van der Waals surface area contributed by atoms with Gasteiger partial charge in [-0.1, -0.05) is 18.2 Å². The summed E-state index contributed by atoms with van der Waals surface area (Å²) in [5, 5.41) is 8.86. The molecule has 22 heavy (non-hydrogen) atoms. The van der Waals surface area contributed by atoms with Crippen molar-refractivity contribution >= 4 is 0 Å². The summed E-state index contributed by atoms with van der Waals surface area (Å²) in [5.74, 6) is 1.51. The fourth-order valence-electron chi connectivity index (χ4n) is 3.30. The second-order valence-corrected chi connectivity index (χ2v) is 6.28. The number of rotatable bonds is 8. The minimum absolute atomic E-state index is 0.678. The van der Waals surface area contributed by atoms with Gasteiger partial charge in [0, 0.05) is 13.2 Å². The van der Waals surface area contributed by atoms with Crippen LogP contribution in [0.2, 0.25) is 0 Å². The van der Waals surface area contributed by atoms with Crippen molar-refractivity contribution in [2.24, 2.45) is 5.92 Å². The van der Waals surface area contributed by atoms with E-state index in [0.717, 1.165) is 37.5 Å². The summed E-state index contributed by atoms with van der Waals surface area (Å²) in [4.78, 5) is 0. The van der Waals surface area contributed by atoms with Crippen molar-refractivity contribution in [3.8, 4) is 6.07 Å². The average Bonchev–Trinajstić information content (AvgIpc) is 2.59. The molecule has 1 fully saturated rings. The van der Waals surface area contributed by atoms with Crippen LogP contribution < -0.4 is 0 Å². The minimum atomic E-state index is 0.678. The van der Waals surface area contributed by atoms with E-state index in [1.807, 2.05) is 18.2 Å². The van der Waals surface area contributed by atoms with Gasteiger partial charge in [-0.3, -0.25) is 0 Å². The number of unbranched alkanes of at least 4 members (excludes halogenated alkanes) is 1. The Balaban J connectivity index is 1.65. The summed E-state index contributed by atoms with van der Waals surface area (Å²) < 4.78 is 5.70. The van der Waals surface area contributed by atoms with Crippen LogP contribution in [0.5, 0.6) is 0 Å². The van der Waals surface area contributed by atoms with Crippen molar-refractivity contribution in [1.82, 2.24) is 0 Å². The molecule has 0 saturated heterocycles. The number of allylic oxidation sites excluding steroid dienone is 1. The molecule has 1 aromatic carbocycles. The van der Waals surface area contributed by atoms with Gasteiger partial charge >= 0.3 is 0 Å². The van der Waals surface area contributed by atoms with Gasteiger partial charge in [0.25, 0.3) is 0 Å². The zero-order chi connectivity index (χ0) is 15.6. The van der Waals surface area contributed by atoms with Crippen LogP contribution >= 0.6 is 0 Å². The van der Waals surface area contributed by atoms with Gasteiger partial charge in [0.2, 0.25) is 0 Å². The smallest absolute Gasteiger partial charge is 0.0991 e. The summed E-state index contributed by atoms with van der Waals surface area (Å²) in [6.07, 6.45) is 10.5. The van der Waals surface area contributed by atoms with E-state index >= 15 is 0 Å². The molecule has 1 saturated carbocycles. The van der Waals surface area contributed by atoms with Gasteiger partial charge < -0.3 is 4.74 Å². The Morgan fingerprint density at radius 2 is 1.86 bits per heavy atom. The van der Waals surface area contributed by atoms with Crippen LogP contribution in [0.15, 0.2) is 36.9 Å². The third-order valence-electron chi connectivity index (χ3n) is 4.73. The fraction of sp³-hybridized carbons (Fsp3) is 0.550. The second-order valence-electron chi connectivity index (χ2n) is 6.28. The van der Waals surface area contributed by atoms with Gasteiger partial charge in [0.05, 0.1) is 11.6 Å². The first-order valence-electron chi connectivity index (χ1n) is 8.52. The first kappa shape index (κ1) is 16.8. The Hall–Kier alpha value is -1.59. The second kappa shape index (κ2) is 9.43. The summed E-state index contributed by atoms with van der Waals surface area (Å²) >= 11 is 0. The van der Waals surface area contributed by atoms with Gasteiger partial charge in [-0.25, -0.2) is 0 Å². The standard InChI is InChI=1S/C20H27NO/c1-2-3-4-14-22-15-13-17-5-9-19(10-6-17)20-11-7-18(16-21)8-12-20/h2,7-8,11-12,17,19H,1,3-6,9-10,13-15H2. The topological polar surface area (TPSA) is 33.0 Å². The third kappa shape index (κ3) is 5.31. The number of benzene rings is 1. The molecule has 2 nitrogen and oxygen atoms in total. The highest BCUT2D eigenvalue weighted by Crippen LogP contribution is 2.37. The fourth-order valence-corrected chi connectivity index (χ4v) is 3.30. The summed E-state index contributed by atoms with van der Waals surface area (Å²) in [6.45, 7) is 5.50. The van der Waals surface area contributed by atoms with Crippen LogP contribution in [0.3, 0.4) is 0 Å². The van der Waals surface area contributed by atoms with Crippen molar-refractivity contribution in [1.29, 1.82) is 5.26 Å². The summed E-state index contributed by atoms with van der Waals surface area (Å²) in [7, 11) is 0. The normalized spacial score (nSPS) is 21.2. The molecule has 0 heterocycles. The van der Waals surface area contributed by atoms with Gasteiger partial charge in [0.1, 0.15) is 0 Å². The lowest BCUT2D eigenvalue weighted by Crippen LogP contribution is -2.15.